The highest BCUT2D eigenvalue weighted by atomic mass is 127. The first-order valence-electron chi connectivity index (χ1n) is 9.88. The van der Waals surface area contributed by atoms with E-state index in [1.54, 1.807) is 6.20 Å². The zero-order valence-corrected chi connectivity index (χ0v) is 18.5. The normalized spacial score (nSPS) is 19.0. The fraction of sp³-hybridized carbons (Fsp3) is 0.167. The molecular weight excluding hydrogens is 490 g/mol. The van der Waals surface area contributed by atoms with E-state index < -0.39 is 0 Å². The van der Waals surface area contributed by atoms with Crippen molar-refractivity contribution in [2.75, 3.05) is 0 Å². The minimum absolute atomic E-state index is 0.0758. The number of imidazole rings is 1. The van der Waals surface area contributed by atoms with Crippen LogP contribution >= 0.6 is 22.6 Å². The molecule has 0 saturated carbocycles. The molecule has 1 N–H and O–H groups in total. The number of benzene rings is 1. The van der Waals surface area contributed by atoms with Gasteiger partial charge in [-0.15, -0.1) is 0 Å². The number of halogens is 2. The summed E-state index contributed by atoms with van der Waals surface area (Å²) in [4.78, 5) is 12.4. The molecule has 0 fully saturated rings. The minimum atomic E-state index is -0.260. The SMILES string of the molecule is CC1C(F)=C(I)C=CC1c1ncn(Cc2ccccc2)c1-c1ccnc2[nH]ccc12. The highest BCUT2D eigenvalue weighted by Gasteiger charge is 2.31. The standard InChI is InChI=1S/C24H20FIN4/c1-15-17(7-8-20(26)21(15)25)22-23(18-9-11-27-24-19(18)10-12-28-24)30(14-29-22)13-16-5-3-2-4-6-16/h2-12,14-15,17H,13H2,1H3,(H,27,28). The molecule has 5 rings (SSSR count). The summed E-state index contributed by atoms with van der Waals surface area (Å²) in [6.45, 7) is 2.62. The van der Waals surface area contributed by atoms with Gasteiger partial charge in [0.25, 0.3) is 0 Å². The van der Waals surface area contributed by atoms with E-state index in [-0.39, 0.29) is 17.7 Å². The summed E-state index contributed by atoms with van der Waals surface area (Å²) >= 11 is 2.06. The maximum atomic E-state index is 14.8. The van der Waals surface area contributed by atoms with Crippen LogP contribution < -0.4 is 0 Å². The second kappa shape index (κ2) is 7.83. The lowest BCUT2D eigenvalue weighted by Gasteiger charge is -2.24. The highest BCUT2D eigenvalue weighted by molar-refractivity contribution is 14.1. The molecule has 6 heteroatoms. The third-order valence-electron chi connectivity index (χ3n) is 5.71. The Bertz CT molecular complexity index is 1270. The number of rotatable bonds is 4. The van der Waals surface area contributed by atoms with Crippen LogP contribution in [0.25, 0.3) is 22.3 Å². The number of fused-ring (bicyclic) bond motifs is 1. The second-order valence-corrected chi connectivity index (χ2v) is 8.72. The van der Waals surface area contributed by atoms with Gasteiger partial charge in [0.1, 0.15) is 11.5 Å². The Morgan fingerprint density at radius 1 is 1.13 bits per heavy atom. The highest BCUT2D eigenvalue weighted by Crippen LogP contribution is 2.43. The Balaban J connectivity index is 1.69. The number of hydrogen-bond acceptors (Lipinski definition) is 2. The average molecular weight is 510 g/mol. The van der Waals surface area contributed by atoms with Gasteiger partial charge in [0.05, 0.1) is 17.7 Å². The zero-order chi connectivity index (χ0) is 20.7. The molecule has 3 aromatic heterocycles. The van der Waals surface area contributed by atoms with Gasteiger partial charge in [-0.3, -0.25) is 0 Å². The van der Waals surface area contributed by atoms with E-state index in [9.17, 15) is 4.39 Å². The Kier molecular flexibility index (Phi) is 5.02. The maximum absolute atomic E-state index is 14.8. The Morgan fingerprint density at radius 2 is 1.97 bits per heavy atom. The van der Waals surface area contributed by atoms with Crippen molar-refractivity contribution < 1.29 is 4.39 Å². The number of H-pyrrole nitrogens is 1. The number of hydrogen-bond donors (Lipinski definition) is 1. The first-order chi connectivity index (χ1) is 14.6. The van der Waals surface area contributed by atoms with Crippen molar-refractivity contribution in [3.63, 3.8) is 0 Å². The molecule has 0 saturated heterocycles. The van der Waals surface area contributed by atoms with E-state index in [4.69, 9.17) is 4.98 Å². The van der Waals surface area contributed by atoms with Crippen LogP contribution in [0.15, 0.2) is 82.7 Å². The van der Waals surface area contributed by atoms with E-state index >= 15 is 0 Å². The number of aromatic amines is 1. The number of nitrogens with zero attached hydrogens (tertiary/aromatic N) is 3. The van der Waals surface area contributed by atoms with Crippen LogP contribution in [-0.2, 0) is 6.54 Å². The summed E-state index contributed by atoms with van der Waals surface area (Å²) in [5, 5.41) is 1.03. The first kappa shape index (κ1) is 19.2. The molecule has 4 nitrogen and oxygen atoms in total. The molecule has 0 spiro atoms. The van der Waals surface area contributed by atoms with Crippen molar-refractivity contribution in [1.29, 1.82) is 0 Å². The predicted octanol–water partition coefficient (Wildman–Crippen LogP) is 6.38. The molecule has 0 amide bonds. The number of allylic oxidation sites excluding steroid dienone is 4. The van der Waals surface area contributed by atoms with E-state index in [1.165, 1.54) is 5.56 Å². The van der Waals surface area contributed by atoms with Gasteiger partial charge in [0.15, 0.2) is 0 Å². The van der Waals surface area contributed by atoms with Crippen LogP contribution in [-0.4, -0.2) is 19.5 Å². The molecule has 1 aliphatic carbocycles. The summed E-state index contributed by atoms with van der Waals surface area (Å²) in [5.41, 5.74) is 4.98. The smallest absolute Gasteiger partial charge is 0.137 e. The van der Waals surface area contributed by atoms with Crippen LogP contribution in [0.2, 0.25) is 0 Å². The van der Waals surface area contributed by atoms with Gasteiger partial charge in [-0.05, 0) is 46.4 Å². The van der Waals surface area contributed by atoms with Crippen LogP contribution in [0.3, 0.4) is 0 Å². The molecule has 3 heterocycles. The molecule has 4 aromatic rings. The van der Waals surface area contributed by atoms with Crippen molar-refractivity contribution in [3.8, 4) is 11.3 Å². The van der Waals surface area contributed by atoms with Crippen LogP contribution in [0.4, 0.5) is 4.39 Å². The van der Waals surface area contributed by atoms with Gasteiger partial charge in [-0.1, -0.05) is 43.3 Å². The summed E-state index contributed by atoms with van der Waals surface area (Å²) in [6, 6.07) is 14.4. The van der Waals surface area contributed by atoms with Crippen molar-refractivity contribution >= 4 is 33.6 Å². The monoisotopic (exact) mass is 510 g/mol. The number of nitrogens with one attached hydrogen (secondary N) is 1. The molecule has 1 aliphatic rings. The second-order valence-electron chi connectivity index (χ2n) is 7.56. The minimum Gasteiger partial charge on any atom is -0.346 e. The maximum Gasteiger partial charge on any atom is 0.137 e. The number of aromatic nitrogens is 4. The van der Waals surface area contributed by atoms with Crippen molar-refractivity contribution in [2.24, 2.45) is 5.92 Å². The summed E-state index contributed by atoms with van der Waals surface area (Å²) in [7, 11) is 0. The van der Waals surface area contributed by atoms with Gasteiger partial charge in [0, 0.05) is 45.3 Å². The third-order valence-corrected chi connectivity index (χ3v) is 6.58. The molecule has 0 aliphatic heterocycles. The van der Waals surface area contributed by atoms with Crippen molar-refractivity contribution in [1.82, 2.24) is 19.5 Å². The van der Waals surface area contributed by atoms with Gasteiger partial charge >= 0.3 is 0 Å². The molecule has 1 aromatic carbocycles. The molecule has 30 heavy (non-hydrogen) atoms. The van der Waals surface area contributed by atoms with Crippen LogP contribution in [0.1, 0.15) is 24.1 Å². The van der Waals surface area contributed by atoms with Crippen LogP contribution in [0.5, 0.6) is 0 Å². The largest absolute Gasteiger partial charge is 0.346 e. The van der Waals surface area contributed by atoms with Gasteiger partial charge in [-0.2, -0.15) is 0 Å². The molecule has 0 radical (unpaired) electrons. The average Bonchev–Trinajstić information content (AvgIpc) is 3.40. The summed E-state index contributed by atoms with van der Waals surface area (Å²) in [6.07, 6.45) is 9.51. The summed E-state index contributed by atoms with van der Waals surface area (Å²) in [5.74, 6) is -0.463. The third kappa shape index (κ3) is 3.29. The van der Waals surface area contributed by atoms with E-state index in [1.807, 2.05) is 55.9 Å². The quantitative estimate of drug-likeness (QED) is 0.324. The predicted molar refractivity (Wildman–Crippen MR) is 126 cm³/mol. The molecule has 2 unspecified atom stereocenters. The lowest BCUT2D eigenvalue weighted by Crippen LogP contribution is -2.14. The lowest BCUT2D eigenvalue weighted by atomic mass is 9.84. The van der Waals surface area contributed by atoms with Crippen molar-refractivity contribution in [2.45, 2.75) is 19.4 Å². The van der Waals surface area contributed by atoms with Gasteiger partial charge in [-0.25, -0.2) is 14.4 Å². The summed E-state index contributed by atoms with van der Waals surface area (Å²) < 4.78 is 17.6. The Morgan fingerprint density at radius 3 is 2.80 bits per heavy atom. The van der Waals surface area contributed by atoms with E-state index in [0.717, 1.165) is 28.0 Å². The number of pyridine rings is 1. The zero-order valence-electron chi connectivity index (χ0n) is 16.4. The van der Waals surface area contributed by atoms with Crippen molar-refractivity contribution in [3.05, 3.63) is 94.0 Å². The molecular formula is C24H20FIN4. The Labute approximate surface area is 187 Å². The molecule has 2 atom stereocenters. The topological polar surface area (TPSA) is 46.5 Å². The Hall–Kier alpha value is -2.74. The lowest BCUT2D eigenvalue weighted by molar-refractivity contribution is 0.452. The molecule has 150 valence electrons. The fourth-order valence-corrected chi connectivity index (χ4v) is 4.84. The van der Waals surface area contributed by atoms with E-state index in [2.05, 4.69) is 55.3 Å². The molecule has 0 bridgehead atoms. The fourth-order valence-electron chi connectivity index (χ4n) is 4.14. The first-order valence-corrected chi connectivity index (χ1v) is 11.0. The van der Waals surface area contributed by atoms with E-state index in [0.29, 0.717) is 10.1 Å². The van der Waals surface area contributed by atoms with Gasteiger partial charge < -0.3 is 9.55 Å². The van der Waals surface area contributed by atoms with Gasteiger partial charge in [0.2, 0.25) is 0 Å². The van der Waals surface area contributed by atoms with Crippen LogP contribution in [0, 0.1) is 5.92 Å².